The Hall–Kier alpha value is -2.44. The van der Waals surface area contributed by atoms with Gasteiger partial charge in [-0.3, -0.25) is 4.79 Å². The molecule has 2 N–H and O–H groups in total. The molecular formula is C19H23N3O3. The van der Waals surface area contributed by atoms with Gasteiger partial charge in [0.15, 0.2) is 0 Å². The van der Waals surface area contributed by atoms with Gasteiger partial charge in [-0.2, -0.15) is 0 Å². The first kappa shape index (κ1) is 17.4. The van der Waals surface area contributed by atoms with Gasteiger partial charge >= 0.3 is 0 Å². The normalized spacial score (nSPS) is 16.8. The maximum absolute atomic E-state index is 12.0. The van der Waals surface area contributed by atoms with Crippen molar-refractivity contribution in [1.29, 1.82) is 0 Å². The van der Waals surface area contributed by atoms with E-state index in [1.807, 2.05) is 35.0 Å². The molecule has 1 amide bonds. The Bertz CT molecular complexity index is 702. The van der Waals surface area contributed by atoms with E-state index in [1.54, 1.807) is 18.6 Å². The Balaban J connectivity index is 1.53. The lowest BCUT2D eigenvalue weighted by Crippen LogP contribution is -2.43. The third-order valence-corrected chi connectivity index (χ3v) is 4.65. The van der Waals surface area contributed by atoms with Crippen molar-refractivity contribution in [2.75, 3.05) is 26.4 Å². The van der Waals surface area contributed by atoms with E-state index in [2.05, 4.69) is 10.3 Å². The van der Waals surface area contributed by atoms with Crippen molar-refractivity contribution in [3.63, 3.8) is 0 Å². The fourth-order valence-corrected chi connectivity index (χ4v) is 2.87. The van der Waals surface area contributed by atoms with Crippen molar-refractivity contribution < 1.29 is 14.6 Å². The van der Waals surface area contributed by atoms with Gasteiger partial charge in [0.2, 0.25) is 5.91 Å². The van der Waals surface area contributed by atoms with Crippen LogP contribution in [0.3, 0.4) is 0 Å². The molecular weight excluding hydrogens is 318 g/mol. The fraction of sp³-hybridized carbons (Fsp3) is 0.368. The van der Waals surface area contributed by atoms with Crippen molar-refractivity contribution in [3.8, 4) is 5.69 Å². The highest BCUT2D eigenvalue weighted by Crippen LogP contribution is 2.28. The van der Waals surface area contributed by atoms with Crippen LogP contribution in [0.15, 0.2) is 49.1 Å². The summed E-state index contributed by atoms with van der Waals surface area (Å²) in [5, 5.41) is 12.5. The maximum atomic E-state index is 12.0. The topological polar surface area (TPSA) is 76.4 Å². The summed E-state index contributed by atoms with van der Waals surface area (Å²) in [6.45, 7) is 1.80. The van der Waals surface area contributed by atoms with Gasteiger partial charge in [0, 0.05) is 49.3 Å². The second kappa shape index (κ2) is 8.09. The summed E-state index contributed by atoms with van der Waals surface area (Å²) in [5.74, 6) is -0.155. The molecule has 0 saturated carbocycles. The van der Waals surface area contributed by atoms with Crippen LogP contribution in [0, 0.1) is 5.41 Å². The van der Waals surface area contributed by atoms with Gasteiger partial charge in [0.05, 0.1) is 12.9 Å². The number of hydrogen-bond donors (Lipinski definition) is 2. The number of nitrogens with one attached hydrogen (secondary N) is 1. The number of imidazole rings is 1. The number of aromatic nitrogens is 2. The van der Waals surface area contributed by atoms with E-state index >= 15 is 0 Å². The molecule has 1 aromatic heterocycles. The van der Waals surface area contributed by atoms with E-state index in [0.717, 1.165) is 24.1 Å². The van der Waals surface area contributed by atoms with E-state index in [9.17, 15) is 9.90 Å². The highest BCUT2D eigenvalue weighted by atomic mass is 16.5. The van der Waals surface area contributed by atoms with E-state index in [1.165, 1.54) is 6.08 Å². The molecule has 1 fully saturated rings. The van der Waals surface area contributed by atoms with Gasteiger partial charge in [0.25, 0.3) is 0 Å². The second-order valence-corrected chi connectivity index (χ2v) is 6.38. The third-order valence-electron chi connectivity index (χ3n) is 4.65. The summed E-state index contributed by atoms with van der Waals surface area (Å²) in [6, 6.07) is 7.85. The largest absolute Gasteiger partial charge is 0.396 e. The van der Waals surface area contributed by atoms with E-state index in [0.29, 0.717) is 19.8 Å². The van der Waals surface area contributed by atoms with Crippen molar-refractivity contribution in [2.45, 2.75) is 12.8 Å². The first-order valence-electron chi connectivity index (χ1n) is 8.44. The fourth-order valence-electron chi connectivity index (χ4n) is 2.87. The molecule has 0 spiro atoms. The predicted octanol–water partition coefficient (Wildman–Crippen LogP) is 1.79. The molecule has 0 aliphatic carbocycles. The third kappa shape index (κ3) is 4.55. The first-order valence-corrected chi connectivity index (χ1v) is 8.44. The molecule has 0 bridgehead atoms. The monoisotopic (exact) mass is 341 g/mol. The predicted molar refractivity (Wildman–Crippen MR) is 95.2 cm³/mol. The minimum Gasteiger partial charge on any atom is -0.396 e. The number of hydrogen-bond acceptors (Lipinski definition) is 4. The smallest absolute Gasteiger partial charge is 0.244 e. The lowest BCUT2D eigenvalue weighted by molar-refractivity contribution is -0.117. The van der Waals surface area contributed by atoms with Crippen LogP contribution >= 0.6 is 0 Å². The molecule has 1 aliphatic rings. The van der Waals surface area contributed by atoms with Crippen LogP contribution < -0.4 is 5.32 Å². The summed E-state index contributed by atoms with van der Waals surface area (Å²) < 4.78 is 7.25. The Morgan fingerprint density at radius 3 is 2.72 bits per heavy atom. The summed E-state index contributed by atoms with van der Waals surface area (Å²) in [6.07, 6.45) is 10.2. The molecule has 1 aliphatic heterocycles. The minimum absolute atomic E-state index is 0.0655. The van der Waals surface area contributed by atoms with Crippen LogP contribution in [0.5, 0.6) is 0 Å². The molecule has 3 rings (SSSR count). The Labute approximate surface area is 147 Å². The molecule has 6 nitrogen and oxygen atoms in total. The molecule has 132 valence electrons. The number of aliphatic hydroxyl groups is 1. The number of benzene rings is 1. The second-order valence-electron chi connectivity index (χ2n) is 6.38. The number of carbonyl (C=O) groups excluding carboxylic acids is 1. The summed E-state index contributed by atoms with van der Waals surface area (Å²) in [5.41, 5.74) is 1.71. The highest BCUT2D eigenvalue weighted by molar-refractivity contribution is 5.91. The molecule has 6 heteroatoms. The number of aliphatic hydroxyl groups excluding tert-OH is 1. The van der Waals surface area contributed by atoms with Gasteiger partial charge in [-0.25, -0.2) is 4.98 Å². The average Bonchev–Trinajstić information content (AvgIpc) is 3.21. The van der Waals surface area contributed by atoms with Crippen molar-refractivity contribution in [1.82, 2.24) is 14.9 Å². The number of ether oxygens (including phenoxy) is 1. The van der Waals surface area contributed by atoms with Crippen LogP contribution in [0.4, 0.5) is 0 Å². The number of nitrogens with zero attached hydrogens (tertiary/aromatic N) is 2. The Morgan fingerprint density at radius 1 is 1.32 bits per heavy atom. The van der Waals surface area contributed by atoms with Crippen LogP contribution in [-0.2, 0) is 9.53 Å². The molecule has 0 unspecified atom stereocenters. The summed E-state index contributed by atoms with van der Waals surface area (Å²) in [7, 11) is 0. The first-order chi connectivity index (χ1) is 12.2. The van der Waals surface area contributed by atoms with Crippen LogP contribution in [0.1, 0.15) is 18.4 Å². The average molecular weight is 341 g/mol. The zero-order chi connectivity index (χ0) is 17.5. The Kier molecular flexibility index (Phi) is 5.63. The molecule has 1 saturated heterocycles. The molecule has 0 atom stereocenters. The van der Waals surface area contributed by atoms with Gasteiger partial charge < -0.3 is 19.7 Å². The van der Waals surface area contributed by atoms with Crippen molar-refractivity contribution >= 4 is 12.0 Å². The molecule has 25 heavy (non-hydrogen) atoms. The molecule has 2 heterocycles. The molecule has 1 aromatic carbocycles. The van der Waals surface area contributed by atoms with E-state index in [-0.39, 0.29) is 17.9 Å². The summed E-state index contributed by atoms with van der Waals surface area (Å²) >= 11 is 0. The van der Waals surface area contributed by atoms with Gasteiger partial charge in [-0.15, -0.1) is 0 Å². The SMILES string of the molecule is O=C(/C=C/c1ccc(-n2ccnc2)cc1)NCC1(CO)CCOCC1. The number of amides is 1. The van der Waals surface area contributed by atoms with Crippen LogP contribution in [0.2, 0.25) is 0 Å². The maximum Gasteiger partial charge on any atom is 0.244 e. The van der Waals surface area contributed by atoms with E-state index < -0.39 is 0 Å². The summed E-state index contributed by atoms with van der Waals surface area (Å²) in [4.78, 5) is 16.1. The molecule has 0 radical (unpaired) electrons. The zero-order valence-electron chi connectivity index (χ0n) is 14.1. The van der Waals surface area contributed by atoms with Crippen molar-refractivity contribution in [2.24, 2.45) is 5.41 Å². The van der Waals surface area contributed by atoms with E-state index in [4.69, 9.17) is 4.74 Å². The van der Waals surface area contributed by atoms with Gasteiger partial charge in [-0.1, -0.05) is 12.1 Å². The Morgan fingerprint density at radius 2 is 2.08 bits per heavy atom. The quantitative estimate of drug-likeness (QED) is 0.786. The van der Waals surface area contributed by atoms with Crippen LogP contribution in [-0.4, -0.2) is 46.9 Å². The lowest BCUT2D eigenvalue weighted by Gasteiger charge is -2.35. The number of carbonyl (C=O) groups is 1. The highest BCUT2D eigenvalue weighted by Gasteiger charge is 2.32. The zero-order valence-corrected chi connectivity index (χ0v) is 14.1. The van der Waals surface area contributed by atoms with Crippen molar-refractivity contribution in [3.05, 3.63) is 54.6 Å². The minimum atomic E-state index is -0.256. The number of rotatable bonds is 6. The standard InChI is InChI=1S/C19H23N3O3/c23-14-19(7-11-25-12-8-19)13-21-18(24)6-3-16-1-4-17(5-2-16)22-10-9-20-15-22/h1-6,9-10,15,23H,7-8,11-14H2,(H,21,24)/b6-3+. The molecule has 2 aromatic rings. The van der Waals surface area contributed by atoms with Gasteiger partial charge in [-0.05, 0) is 36.6 Å². The lowest BCUT2D eigenvalue weighted by atomic mass is 9.81. The van der Waals surface area contributed by atoms with Crippen LogP contribution in [0.25, 0.3) is 11.8 Å². The van der Waals surface area contributed by atoms with Gasteiger partial charge in [0.1, 0.15) is 0 Å².